The van der Waals surface area contributed by atoms with Crippen LogP contribution in [0.3, 0.4) is 0 Å². The fourth-order valence-electron chi connectivity index (χ4n) is 1.29. The quantitative estimate of drug-likeness (QED) is 0.738. The minimum absolute atomic E-state index is 0.114. The van der Waals surface area contributed by atoms with Gasteiger partial charge in [0.2, 0.25) is 0 Å². The molecule has 1 rings (SSSR count). The van der Waals surface area contributed by atoms with E-state index in [1.807, 2.05) is 0 Å². The SMILES string of the molecule is Cc1cccc(C(CN)CO)c1F. The summed E-state index contributed by atoms with van der Waals surface area (Å²) in [6, 6.07) is 5.13. The lowest BCUT2D eigenvalue weighted by molar-refractivity contribution is 0.265. The lowest BCUT2D eigenvalue weighted by Crippen LogP contribution is -2.17. The van der Waals surface area contributed by atoms with Gasteiger partial charge in [0.1, 0.15) is 5.82 Å². The molecule has 0 saturated heterocycles. The molecule has 1 aromatic rings. The Balaban J connectivity index is 3.05. The van der Waals surface area contributed by atoms with Gasteiger partial charge in [-0.25, -0.2) is 4.39 Å². The molecule has 1 atom stereocenters. The molecule has 0 saturated carbocycles. The second-order valence-electron chi connectivity index (χ2n) is 3.09. The van der Waals surface area contributed by atoms with Crippen LogP contribution >= 0.6 is 0 Å². The lowest BCUT2D eigenvalue weighted by Gasteiger charge is -2.13. The van der Waals surface area contributed by atoms with Gasteiger partial charge in [0.25, 0.3) is 0 Å². The van der Waals surface area contributed by atoms with Crippen molar-refractivity contribution in [2.24, 2.45) is 5.73 Å². The minimum Gasteiger partial charge on any atom is -0.396 e. The second kappa shape index (κ2) is 4.35. The van der Waals surface area contributed by atoms with Crippen LogP contribution in [0.5, 0.6) is 0 Å². The highest BCUT2D eigenvalue weighted by Crippen LogP contribution is 2.20. The Bertz CT molecular complexity index is 284. The number of benzene rings is 1. The first-order valence-corrected chi connectivity index (χ1v) is 4.26. The van der Waals surface area contributed by atoms with Gasteiger partial charge >= 0.3 is 0 Å². The van der Waals surface area contributed by atoms with Crippen molar-refractivity contribution in [3.63, 3.8) is 0 Å². The number of hydrogen-bond acceptors (Lipinski definition) is 2. The van der Waals surface area contributed by atoms with E-state index in [2.05, 4.69) is 0 Å². The van der Waals surface area contributed by atoms with E-state index in [1.165, 1.54) is 0 Å². The van der Waals surface area contributed by atoms with Gasteiger partial charge in [-0.15, -0.1) is 0 Å². The summed E-state index contributed by atoms with van der Waals surface area (Å²) >= 11 is 0. The standard InChI is InChI=1S/C10H14FNO/c1-7-3-2-4-9(10(7)11)8(5-12)6-13/h2-4,8,13H,5-6,12H2,1H3. The van der Waals surface area contributed by atoms with E-state index in [9.17, 15) is 4.39 Å². The largest absolute Gasteiger partial charge is 0.396 e. The van der Waals surface area contributed by atoms with Crippen molar-refractivity contribution in [3.8, 4) is 0 Å². The monoisotopic (exact) mass is 183 g/mol. The Kier molecular flexibility index (Phi) is 3.39. The molecule has 0 aliphatic carbocycles. The van der Waals surface area contributed by atoms with Crippen LogP contribution in [0.25, 0.3) is 0 Å². The highest BCUT2D eigenvalue weighted by molar-refractivity contribution is 5.28. The van der Waals surface area contributed by atoms with Gasteiger partial charge in [-0.05, 0) is 18.1 Å². The average molecular weight is 183 g/mol. The molecular weight excluding hydrogens is 169 g/mol. The molecule has 72 valence electrons. The first-order valence-electron chi connectivity index (χ1n) is 4.26. The van der Waals surface area contributed by atoms with E-state index in [-0.39, 0.29) is 24.9 Å². The van der Waals surface area contributed by atoms with Crippen LogP contribution in [0.1, 0.15) is 17.0 Å². The number of aryl methyl sites for hydroxylation is 1. The number of hydrogen-bond donors (Lipinski definition) is 2. The van der Waals surface area contributed by atoms with E-state index in [0.717, 1.165) is 0 Å². The Labute approximate surface area is 77.2 Å². The molecule has 13 heavy (non-hydrogen) atoms. The molecule has 0 radical (unpaired) electrons. The molecule has 3 N–H and O–H groups in total. The van der Waals surface area contributed by atoms with Gasteiger partial charge in [-0.1, -0.05) is 18.2 Å². The second-order valence-corrected chi connectivity index (χ2v) is 3.09. The van der Waals surface area contributed by atoms with Crippen molar-refractivity contribution in [3.05, 3.63) is 35.1 Å². The van der Waals surface area contributed by atoms with E-state index >= 15 is 0 Å². The maximum absolute atomic E-state index is 13.5. The van der Waals surface area contributed by atoms with E-state index < -0.39 is 0 Å². The summed E-state index contributed by atoms with van der Waals surface area (Å²) in [5.74, 6) is -0.549. The summed E-state index contributed by atoms with van der Waals surface area (Å²) in [4.78, 5) is 0. The van der Waals surface area contributed by atoms with Crippen LogP contribution < -0.4 is 5.73 Å². The van der Waals surface area contributed by atoms with Crippen LogP contribution in [0.2, 0.25) is 0 Å². The molecular formula is C10H14FNO. The number of aliphatic hydroxyl groups is 1. The van der Waals surface area contributed by atoms with Gasteiger partial charge < -0.3 is 10.8 Å². The first-order chi connectivity index (χ1) is 6.20. The van der Waals surface area contributed by atoms with Gasteiger partial charge in [-0.2, -0.15) is 0 Å². The van der Waals surface area contributed by atoms with Crippen molar-refractivity contribution < 1.29 is 9.50 Å². The van der Waals surface area contributed by atoms with Gasteiger partial charge in [0.05, 0.1) is 6.61 Å². The summed E-state index contributed by atoms with van der Waals surface area (Å²) in [7, 11) is 0. The van der Waals surface area contributed by atoms with Crippen LogP contribution in [0.15, 0.2) is 18.2 Å². The minimum atomic E-state index is -0.292. The fraction of sp³-hybridized carbons (Fsp3) is 0.400. The summed E-state index contributed by atoms with van der Waals surface area (Å²) in [6.45, 7) is 1.84. The molecule has 0 bridgehead atoms. The maximum atomic E-state index is 13.5. The van der Waals surface area contributed by atoms with Crippen LogP contribution in [-0.4, -0.2) is 18.3 Å². The summed E-state index contributed by atoms with van der Waals surface area (Å²) in [6.07, 6.45) is 0. The number of aliphatic hydroxyl groups excluding tert-OH is 1. The average Bonchev–Trinajstić information content (AvgIpc) is 2.14. The van der Waals surface area contributed by atoms with Gasteiger partial charge in [-0.3, -0.25) is 0 Å². The third-order valence-electron chi connectivity index (χ3n) is 2.17. The number of rotatable bonds is 3. The molecule has 2 nitrogen and oxygen atoms in total. The Morgan fingerprint density at radius 3 is 2.77 bits per heavy atom. The predicted molar refractivity (Wildman–Crippen MR) is 50.0 cm³/mol. The summed E-state index contributed by atoms with van der Waals surface area (Å²) in [5, 5.41) is 8.95. The predicted octanol–water partition coefficient (Wildman–Crippen LogP) is 1.17. The highest BCUT2D eigenvalue weighted by atomic mass is 19.1. The Morgan fingerprint density at radius 1 is 1.54 bits per heavy atom. The topological polar surface area (TPSA) is 46.2 Å². The van der Waals surface area contributed by atoms with Crippen molar-refractivity contribution in [1.82, 2.24) is 0 Å². The van der Waals surface area contributed by atoms with E-state index in [1.54, 1.807) is 25.1 Å². The van der Waals surface area contributed by atoms with Crippen molar-refractivity contribution >= 4 is 0 Å². The molecule has 0 amide bonds. The molecule has 0 heterocycles. The van der Waals surface area contributed by atoms with Gasteiger partial charge in [0.15, 0.2) is 0 Å². The summed E-state index contributed by atoms with van der Waals surface area (Å²) in [5.41, 5.74) is 6.50. The highest BCUT2D eigenvalue weighted by Gasteiger charge is 2.13. The third-order valence-corrected chi connectivity index (χ3v) is 2.17. The maximum Gasteiger partial charge on any atom is 0.129 e. The molecule has 0 aromatic heterocycles. The summed E-state index contributed by atoms with van der Waals surface area (Å²) < 4.78 is 13.5. The van der Waals surface area contributed by atoms with E-state index in [0.29, 0.717) is 11.1 Å². The van der Waals surface area contributed by atoms with Crippen molar-refractivity contribution in [2.45, 2.75) is 12.8 Å². The van der Waals surface area contributed by atoms with Crippen LogP contribution in [0, 0.1) is 12.7 Å². The van der Waals surface area contributed by atoms with Gasteiger partial charge in [0, 0.05) is 12.5 Å². The Morgan fingerprint density at radius 2 is 2.23 bits per heavy atom. The molecule has 0 aliphatic rings. The molecule has 3 heteroatoms. The molecule has 1 unspecified atom stereocenters. The molecule has 0 fully saturated rings. The van der Waals surface area contributed by atoms with Crippen LogP contribution in [0.4, 0.5) is 4.39 Å². The zero-order chi connectivity index (χ0) is 9.84. The van der Waals surface area contributed by atoms with Crippen molar-refractivity contribution in [1.29, 1.82) is 0 Å². The molecule has 0 aliphatic heterocycles. The third kappa shape index (κ3) is 2.05. The first kappa shape index (κ1) is 10.2. The molecule has 0 spiro atoms. The number of halogens is 1. The zero-order valence-corrected chi connectivity index (χ0v) is 7.63. The van der Waals surface area contributed by atoms with Crippen LogP contribution in [-0.2, 0) is 0 Å². The van der Waals surface area contributed by atoms with E-state index in [4.69, 9.17) is 10.8 Å². The lowest BCUT2D eigenvalue weighted by atomic mass is 9.98. The molecule has 1 aromatic carbocycles. The van der Waals surface area contributed by atoms with Crippen molar-refractivity contribution in [2.75, 3.05) is 13.2 Å². The number of nitrogens with two attached hydrogens (primary N) is 1. The normalized spacial score (nSPS) is 12.9. The zero-order valence-electron chi connectivity index (χ0n) is 7.63. The fourth-order valence-corrected chi connectivity index (χ4v) is 1.29. The smallest absolute Gasteiger partial charge is 0.129 e. The Hall–Kier alpha value is -0.930.